The second-order valence-corrected chi connectivity index (χ2v) is 3.82. The van der Waals surface area contributed by atoms with Crippen molar-refractivity contribution in [2.75, 3.05) is 0 Å². The first-order chi connectivity index (χ1) is 5.54. The van der Waals surface area contributed by atoms with Crippen molar-refractivity contribution in [3.05, 3.63) is 0 Å². The number of rotatable bonds is 2. The van der Waals surface area contributed by atoms with Gasteiger partial charge in [0.15, 0.2) is 0 Å². The summed E-state index contributed by atoms with van der Waals surface area (Å²) >= 11 is 0. The molecular weight excluding hydrogens is 156 g/mol. The smallest absolute Gasteiger partial charge is 0.306 e. The lowest BCUT2D eigenvalue weighted by Gasteiger charge is -2.36. The molecule has 3 heteroatoms. The molecule has 12 heavy (non-hydrogen) atoms. The van der Waals surface area contributed by atoms with Crippen LogP contribution in [0.15, 0.2) is 0 Å². The molecule has 1 saturated carbocycles. The van der Waals surface area contributed by atoms with E-state index in [1.54, 1.807) is 0 Å². The Labute approximate surface area is 72.4 Å². The van der Waals surface area contributed by atoms with Crippen LogP contribution in [0, 0.1) is 5.92 Å². The van der Waals surface area contributed by atoms with E-state index in [9.17, 15) is 9.90 Å². The topological polar surface area (TPSA) is 57.5 Å². The summed E-state index contributed by atoms with van der Waals surface area (Å²) in [6, 6.07) is 0. The zero-order valence-electron chi connectivity index (χ0n) is 7.42. The quantitative estimate of drug-likeness (QED) is 0.662. The van der Waals surface area contributed by atoms with Gasteiger partial charge in [-0.25, -0.2) is 0 Å². The first-order valence-electron chi connectivity index (χ1n) is 4.49. The highest BCUT2D eigenvalue weighted by atomic mass is 16.4. The number of aliphatic hydroxyl groups is 1. The molecule has 3 nitrogen and oxygen atoms in total. The van der Waals surface area contributed by atoms with Gasteiger partial charge in [-0.05, 0) is 18.8 Å². The van der Waals surface area contributed by atoms with Gasteiger partial charge < -0.3 is 10.2 Å². The molecule has 1 fully saturated rings. The van der Waals surface area contributed by atoms with Crippen LogP contribution in [0.5, 0.6) is 0 Å². The van der Waals surface area contributed by atoms with E-state index in [0.29, 0.717) is 6.42 Å². The van der Waals surface area contributed by atoms with Crippen LogP contribution in [-0.4, -0.2) is 21.8 Å². The molecule has 1 aliphatic carbocycles. The van der Waals surface area contributed by atoms with Crippen molar-refractivity contribution < 1.29 is 15.0 Å². The monoisotopic (exact) mass is 172 g/mol. The highest BCUT2D eigenvalue weighted by molar-refractivity contribution is 5.68. The van der Waals surface area contributed by atoms with Crippen molar-refractivity contribution in [1.82, 2.24) is 0 Å². The van der Waals surface area contributed by atoms with Gasteiger partial charge in [-0.1, -0.05) is 19.8 Å². The number of hydrogen-bond acceptors (Lipinski definition) is 2. The molecule has 0 aromatic rings. The Balaban J connectivity index is 2.59. The van der Waals surface area contributed by atoms with Crippen LogP contribution in [0.2, 0.25) is 0 Å². The molecule has 70 valence electrons. The van der Waals surface area contributed by atoms with Gasteiger partial charge >= 0.3 is 5.97 Å². The molecule has 0 saturated heterocycles. The molecular formula is C9H16O3. The number of aliphatic carboxylic acids is 1. The third kappa shape index (κ3) is 1.97. The number of carboxylic acid groups (broad SMARTS) is 1. The lowest BCUT2D eigenvalue weighted by Crippen LogP contribution is -2.41. The van der Waals surface area contributed by atoms with E-state index in [1.807, 2.05) is 6.92 Å². The molecule has 1 aliphatic rings. The first-order valence-corrected chi connectivity index (χ1v) is 4.49. The molecule has 2 atom stereocenters. The molecule has 0 spiro atoms. The second kappa shape index (κ2) is 3.44. The van der Waals surface area contributed by atoms with Gasteiger partial charge in [0.1, 0.15) is 0 Å². The van der Waals surface area contributed by atoms with Crippen molar-refractivity contribution in [3.8, 4) is 0 Å². The molecule has 2 N–H and O–H groups in total. The third-order valence-corrected chi connectivity index (χ3v) is 2.87. The lowest BCUT2D eigenvalue weighted by molar-refractivity contribution is -0.146. The average Bonchev–Trinajstić information content (AvgIpc) is 1.94. The molecule has 0 unspecified atom stereocenters. The van der Waals surface area contributed by atoms with Gasteiger partial charge in [-0.2, -0.15) is 0 Å². The van der Waals surface area contributed by atoms with Gasteiger partial charge in [-0.3, -0.25) is 4.79 Å². The van der Waals surface area contributed by atoms with Crippen LogP contribution in [0.3, 0.4) is 0 Å². The minimum absolute atomic E-state index is 0.103. The fraction of sp³-hybridized carbons (Fsp3) is 0.889. The van der Waals surface area contributed by atoms with E-state index in [4.69, 9.17) is 5.11 Å². The van der Waals surface area contributed by atoms with Gasteiger partial charge in [0.2, 0.25) is 0 Å². The Morgan fingerprint density at radius 1 is 1.58 bits per heavy atom. The third-order valence-electron chi connectivity index (χ3n) is 2.87. The van der Waals surface area contributed by atoms with Crippen molar-refractivity contribution in [2.45, 2.75) is 44.6 Å². The zero-order chi connectivity index (χ0) is 9.19. The van der Waals surface area contributed by atoms with E-state index >= 15 is 0 Å². The highest BCUT2D eigenvalue weighted by Gasteiger charge is 2.37. The summed E-state index contributed by atoms with van der Waals surface area (Å²) < 4.78 is 0. The summed E-state index contributed by atoms with van der Waals surface area (Å²) in [7, 11) is 0. The van der Waals surface area contributed by atoms with E-state index < -0.39 is 11.6 Å². The SMILES string of the molecule is C[C@H]1CCCC[C@@]1(O)CC(=O)O. The van der Waals surface area contributed by atoms with Gasteiger partial charge in [0.05, 0.1) is 12.0 Å². The molecule has 1 rings (SSSR count). The van der Waals surface area contributed by atoms with Gasteiger partial charge in [0.25, 0.3) is 0 Å². The molecule has 0 aromatic carbocycles. The van der Waals surface area contributed by atoms with Crippen LogP contribution in [-0.2, 0) is 4.79 Å². The van der Waals surface area contributed by atoms with Crippen LogP contribution < -0.4 is 0 Å². The minimum atomic E-state index is -0.940. The Morgan fingerprint density at radius 2 is 2.25 bits per heavy atom. The van der Waals surface area contributed by atoms with Crippen molar-refractivity contribution in [2.24, 2.45) is 5.92 Å². The molecule has 0 aromatic heterocycles. The molecule has 0 aliphatic heterocycles. The summed E-state index contributed by atoms with van der Waals surface area (Å²) in [6.07, 6.45) is 3.55. The van der Waals surface area contributed by atoms with Crippen LogP contribution >= 0.6 is 0 Å². The van der Waals surface area contributed by atoms with Gasteiger partial charge in [0, 0.05) is 0 Å². The zero-order valence-corrected chi connectivity index (χ0v) is 7.42. The standard InChI is InChI=1S/C9H16O3/c1-7-4-2-3-5-9(7,12)6-8(10)11/h7,12H,2-6H2,1H3,(H,10,11)/t7-,9+/m0/s1. The summed E-state index contributed by atoms with van der Waals surface area (Å²) in [5.74, 6) is -0.770. The normalized spacial score (nSPS) is 36.3. The van der Waals surface area contributed by atoms with E-state index in [0.717, 1.165) is 19.3 Å². The number of carbonyl (C=O) groups is 1. The predicted molar refractivity (Wildman–Crippen MR) is 44.8 cm³/mol. The maximum Gasteiger partial charge on any atom is 0.306 e. The fourth-order valence-electron chi connectivity index (χ4n) is 1.92. The van der Waals surface area contributed by atoms with E-state index in [-0.39, 0.29) is 12.3 Å². The van der Waals surface area contributed by atoms with E-state index in [2.05, 4.69) is 0 Å². The molecule has 0 bridgehead atoms. The minimum Gasteiger partial charge on any atom is -0.481 e. The van der Waals surface area contributed by atoms with Gasteiger partial charge in [-0.15, -0.1) is 0 Å². The Bertz CT molecular complexity index is 179. The van der Waals surface area contributed by atoms with Crippen LogP contribution in [0.25, 0.3) is 0 Å². The maximum absolute atomic E-state index is 10.5. The molecule has 0 amide bonds. The van der Waals surface area contributed by atoms with Crippen molar-refractivity contribution in [3.63, 3.8) is 0 Å². The van der Waals surface area contributed by atoms with Crippen LogP contribution in [0.4, 0.5) is 0 Å². The summed E-state index contributed by atoms with van der Waals surface area (Å²) in [6.45, 7) is 1.93. The number of hydrogen-bond donors (Lipinski definition) is 2. The predicted octanol–water partition coefficient (Wildman–Crippen LogP) is 1.40. The van der Waals surface area contributed by atoms with Crippen LogP contribution in [0.1, 0.15) is 39.0 Å². The average molecular weight is 172 g/mol. The number of carboxylic acids is 1. The van der Waals surface area contributed by atoms with E-state index in [1.165, 1.54) is 0 Å². The fourth-order valence-corrected chi connectivity index (χ4v) is 1.92. The Morgan fingerprint density at radius 3 is 2.75 bits per heavy atom. The second-order valence-electron chi connectivity index (χ2n) is 3.82. The summed E-state index contributed by atoms with van der Waals surface area (Å²) in [5.41, 5.74) is -0.940. The molecule has 0 radical (unpaired) electrons. The van der Waals surface area contributed by atoms with Crippen molar-refractivity contribution in [1.29, 1.82) is 0 Å². The summed E-state index contributed by atoms with van der Waals surface area (Å²) in [4.78, 5) is 10.5. The molecule has 0 heterocycles. The largest absolute Gasteiger partial charge is 0.481 e. The maximum atomic E-state index is 10.5. The lowest BCUT2D eigenvalue weighted by atomic mass is 9.74. The Hall–Kier alpha value is -0.570. The Kier molecular flexibility index (Phi) is 2.73. The summed E-state index contributed by atoms with van der Waals surface area (Å²) in [5, 5.41) is 18.5. The first kappa shape index (κ1) is 9.52. The van der Waals surface area contributed by atoms with Crippen molar-refractivity contribution >= 4 is 5.97 Å². The highest BCUT2D eigenvalue weighted by Crippen LogP contribution is 2.35.